The van der Waals surface area contributed by atoms with Gasteiger partial charge in [-0.15, -0.1) is 0 Å². The minimum absolute atomic E-state index is 0.00109. The van der Waals surface area contributed by atoms with Gasteiger partial charge in [0.05, 0.1) is 23.1 Å². The summed E-state index contributed by atoms with van der Waals surface area (Å²) >= 11 is 0. The van der Waals surface area contributed by atoms with E-state index in [-0.39, 0.29) is 29.7 Å². The maximum atomic E-state index is 13.2. The maximum Gasteiger partial charge on any atom is 0.245 e. The van der Waals surface area contributed by atoms with Gasteiger partial charge in [0.15, 0.2) is 0 Å². The van der Waals surface area contributed by atoms with Crippen LogP contribution in [0.25, 0.3) is 0 Å². The molecule has 2 aromatic rings. The van der Waals surface area contributed by atoms with E-state index in [0.717, 1.165) is 17.5 Å². The van der Waals surface area contributed by atoms with Crippen molar-refractivity contribution >= 4 is 10.0 Å². The van der Waals surface area contributed by atoms with E-state index in [1.165, 1.54) is 16.4 Å². The second-order valence-electron chi connectivity index (χ2n) is 5.70. The first kappa shape index (κ1) is 16.7. The monoisotopic (exact) mass is 342 g/mol. The molecule has 1 aliphatic rings. The second kappa shape index (κ2) is 6.73. The number of aliphatic hydroxyl groups excluding tert-OH is 1. The first-order valence-corrected chi connectivity index (χ1v) is 9.23. The largest absolute Gasteiger partial charge is 0.395 e. The summed E-state index contributed by atoms with van der Waals surface area (Å²) in [5.74, 6) is 0. The van der Waals surface area contributed by atoms with E-state index in [9.17, 15) is 18.8 Å². The summed E-state index contributed by atoms with van der Waals surface area (Å²) in [5, 5.41) is 18.6. The van der Waals surface area contributed by atoms with Crippen molar-refractivity contribution in [1.82, 2.24) is 4.31 Å². The molecule has 0 heterocycles. The molecule has 6 heteroatoms. The van der Waals surface area contributed by atoms with Crippen molar-refractivity contribution in [3.63, 3.8) is 0 Å². The summed E-state index contributed by atoms with van der Waals surface area (Å²) in [5.41, 5.74) is 2.23. The third-order valence-electron chi connectivity index (χ3n) is 4.36. The summed E-state index contributed by atoms with van der Waals surface area (Å²) < 4.78 is 27.7. The number of nitriles is 1. The Morgan fingerprint density at radius 1 is 1.17 bits per heavy atom. The molecule has 0 bridgehead atoms. The Morgan fingerprint density at radius 2 is 1.88 bits per heavy atom. The third kappa shape index (κ3) is 2.82. The highest BCUT2D eigenvalue weighted by Gasteiger charge is 2.36. The highest BCUT2D eigenvalue weighted by Crippen LogP contribution is 2.38. The molecule has 3 rings (SSSR count). The van der Waals surface area contributed by atoms with Crippen LogP contribution in [0.15, 0.2) is 53.4 Å². The van der Waals surface area contributed by atoms with Gasteiger partial charge in [-0.1, -0.05) is 36.4 Å². The van der Waals surface area contributed by atoms with Crippen LogP contribution in [0, 0.1) is 11.3 Å². The van der Waals surface area contributed by atoms with Crippen LogP contribution >= 0.6 is 0 Å². The Labute approximate surface area is 141 Å². The van der Waals surface area contributed by atoms with Gasteiger partial charge < -0.3 is 5.11 Å². The highest BCUT2D eigenvalue weighted by molar-refractivity contribution is 7.89. The van der Waals surface area contributed by atoms with Gasteiger partial charge >= 0.3 is 0 Å². The van der Waals surface area contributed by atoms with Gasteiger partial charge in [0.1, 0.15) is 6.07 Å². The quantitative estimate of drug-likeness (QED) is 0.903. The molecular formula is C18H18N2O3S. The van der Waals surface area contributed by atoms with E-state index in [2.05, 4.69) is 0 Å². The van der Waals surface area contributed by atoms with Crippen molar-refractivity contribution in [2.75, 3.05) is 13.2 Å². The number of nitrogens with zero attached hydrogens (tertiary/aromatic N) is 2. The van der Waals surface area contributed by atoms with Crippen LogP contribution < -0.4 is 0 Å². The number of aryl methyl sites for hydroxylation is 1. The molecule has 24 heavy (non-hydrogen) atoms. The zero-order valence-electron chi connectivity index (χ0n) is 13.1. The summed E-state index contributed by atoms with van der Waals surface area (Å²) in [7, 11) is -3.88. The Morgan fingerprint density at radius 3 is 2.62 bits per heavy atom. The molecule has 5 nitrogen and oxygen atoms in total. The molecule has 0 saturated heterocycles. The molecule has 1 aliphatic carbocycles. The summed E-state index contributed by atoms with van der Waals surface area (Å²) in [6.45, 7) is -0.270. The molecular weight excluding hydrogens is 324 g/mol. The third-order valence-corrected chi connectivity index (χ3v) is 6.33. The first-order valence-electron chi connectivity index (χ1n) is 7.79. The van der Waals surface area contributed by atoms with E-state index in [1.807, 2.05) is 30.3 Å². The van der Waals surface area contributed by atoms with Crippen LogP contribution in [0.3, 0.4) is 0 Å². The number of aliphatic hydroxyl groups is 1. The summed E-state index contributed by atoms with van der Waals surface area (Å²) in [4.78, 5) is -0.00895. The lowest BCUT2D eigenvalue weighted by molar-refractivity contribution is 0.225. The van der Waals surface area contributed by atoms with Crippen LogP contribution in [-0.2, 0) is 16.4 Å². The van der Waals surface area contributed by atoms with Gasteiger partial charge in [-0.25, -0.2) is 8.42 Å². The molecule has 0 unspecified atom stereocenters. The Bertz CT molecular complexity index is 887. The zero-order chi connectivity index (χ0) is 17.2. The number of rotatable bonds is 5. The van der Waals surface area contributed by atoms with Crippen molar-refractivity contribution in [3.8, 4) is 6.07 Å². The first-order chi connectivity index (χ1) is 11.6. The maximum absolute atomic E-state index is 13.2. The van der Waals surface area contributed by atoms with Crippen LogP contribution in [0.1, 0.15) is 29.2 Å². The smallest absolute Gasteiger partial charge is 0.245 e. The average molecular weight is 342 g/mol. The summed E-state index contributed by atoms with van der Waals surface area (Å²) in [6.07, 6.45) is 1.48. The topological polar surface area (TPSA) is 81.4 Å². The molecule has 0 aromatic heterocycles. The number of fused-ring (bicyclic) bond motifs is 1. The lowest BCUT2D eigenvalue weighted by Crippen LogP contribution is -2.36. The van der Waals surface area contributed by atoms with Crippen LogP contribution in [0.4, 0.5) is 0 Å². The van der Waals surface area contributed by atoms with Crippen LogP contribution in [-0.4, -0.2) is 31.0 Å². The fraction of sp³-hybridized carbons (Fsp3) is 0.278. The number of hydrogen-bond acceptors (Lipinski definition) is 4. The van der Waals surface area contributed by atoms with E-state index in [0.29, 0.717) is 6.42 Å². The van der Waals surface area contributed by atoms with Gasteiger partial charge in [-0.05, 0) is 36.1 Å². The standard InChI is InChI=1S/C18H18N2O3S/c19-13-15-6-2-4-8-18(15)24(22,23)20(11-12-21)17-10-9-14-5-1-3-7-16(14)17/h1-8,17,21H,9-12H2/t17-/m1/s1. The van der Waals surface area contributed by atoms with Crippen molar-refractivity contribution in [3.05, 3.63) is 65.2 Å². The minimum Gasteiger partial charge on any atom is -0.395 e. The molecule has 124 valence electrons. The average Bonchev–Trinajstić information content (AvgIpc) is 3.03. The molecule has 1 N–H and O–H groups in total. The molecule has 0 amide bonds. The molecule has 0 saturated carbocycles. The normalized spacial score (nSPS) is 16.8. The van der Waals surface area contributed by atoms with Gasteiger partial charge in [0.2, 0.25) is 10.0 Å². The Kier molecular flexibility index (Phi) is 4.67. The van der Waals surface area contributed by atoms with E-state index < -0.39 is 10.0 Å². The Hall–Kier alpha value is -2.20. The highest BCUT2D eigenvalue weighted by atomic mass is 32.2. The van der Waals surface area contributed by atoms with Crippen LogP contribution in [0.2, 0.25) is 0 Å². The number of hydrogen-bond donors (Lipinski definition) is 1. The molecule has 0 radical (unpaired) electrons. The fourth-order valence-corrected chi connectivity index (χ4v) is 5.06. The second-order valence-corrected chi connectivity index (χ2v) is 7.56. The van der Waals surface area contributed by atoms with Gasteiger partial charge in [0.25, 0.3) is 0 Å². The predicted molar refractivity (Wildman–Crippen MR) is 89.6 cm³/mol. The van der Waals surface area contributed by atoms with E-state index in [1.54, 1.807) is 12.1 Å². The lowest BCUT2D eigenvalue weighted by Gasteiger charge is -2.28. The Balaban J connectivity index is 2.08. The van der Waals surface area contributed by atoms with Crippen molar-refractivity contribution < 1.29 is 13.5 Å². The predicted octanol–water partition coefficient (Wildman–Crippen LogP) is 2.23. The van der Waals surface area contributed by atoms with Crippen molar-refractivity contribution in [2.45, 2.75) is 23.8 Å². The minimum atomic E-state index is -3.88. The van der Waals surface area contributed by atoms with Crippen molar-refractivity contribution in [2.24, 2.45) is 0 Å². The van der Waals surface area contributed by atoms with Gasteiger partial charge in [-0.3, -0.25) is 0 Å². The SMILES string of the molecule is N#Cc1ccccc1S(=O)(=O)N(CCO)[C@@H]1CCc2ccccc21. The molecule has 2 aromatic carbocycles. The summed E-state index contributed by atoms with van der Waals surface area (Å²) in [6, 6.07) is 15.6. The molecule has 1 atom stereocenters. The number of sulfonamides is 1. The van der Waals surface area contributed by atoms with Crippen molar-refractivity contribution in [1.29, 1.82) is 5.26 Å². The molecule has 0 aliphatic heterocycles. The van der Waals surface area contributed by atoms with E-state index >= 15 is 0 Å². The lowest BCUT2D eigenvalue weighted by atomic mass is 10.1. The molecule has 0 fully saturated rings. The zero-order valence-corrected chi connectivity index (χ0v) is 13.9. The van der Waals surface area contributed by atoms with Gasteiger partial charge in [-0.2, -0.15) is 9.57 Å². The van der Waals surface area contributed by atoms with Crippen LogP contribution in [0.5, 0.6) is 0 Å². The van der Waals surface area contributed by atoms with Gasteiger partial charge in [0, 0.05) is 6.54 Å². The van der Waals surface area contributed by atoms with E-state index in [4.69, 9.17) is 0 Å². The molecule has 0 spiro atoms. The number of benzene rings is 2. The fourth-order valence-electron chi connectivity index (χ4n) is 3.29.